The summed E-state index contributed by atoms with van der Waals surface area (Å²) in [5, 5.41) is 0. The van der Waals surface area contributed by atoms with E-state index in [9.17, 15) is 4.79 Å². The molecule has 0 bridgehead atoms. The highest BCUT2D eigenvalue weighted by Crippen LogP contribution is 2.45. The van der Waals surface area contributed by atoms with E-state index in [0.717, 1.165) is 42.5 Å². The predicted octanol–water partition coefficient (Wildman–Crippen LogP) is 4.04. The molecule has 0 spiro atoms. The molecular formula is C27H31N3O. The third-order valence-electron chi connectivity index (χ3n) is 6.50. The number of hydrogen-bond acceptors (Lipinski definition) is 3. The lowest BCUT2D eigenvalue weighted by Gasteiger charge is -2.49. The van der Waals surface area contributed by atoms with Gasteiger partial charge in [0.25, 0.3) is 0 Å². The Bertz CT molecular complexity index is 878. The molecule has 1 unspecified atom stereocenters. The van der Waals surface area contributed by atoms with Gasteiger partial charge in [-0.05, 0) is 29.5 Å². The highest BCUT2D eigenvalue weighted by Gasteiger charge is 2.47. The summed E-state index contributed by atoms with van der Waals surface area (Å²) in [4.78, 5) is 14.6. The SMILES string of the molecule is NC(=O)C[C@H]1C(N)CCCCN1C(c1ccccc1)(c1ccccc1)c1ccccc1. The van der Waals surface area contributed by atoms with Crippen molar-refractivity contribution in [3.8, 4) is 0 Å². The fourth-order valence-electron chi connectivity index (χ4n) is 5.17. The topological polar surface area (TPSA) is 72.3 Å². The Morgan fingerprint density at radius 1 is 0.806 bits per heavy atom. The molecule has 1 amide bonds. The molecule has 4 rings (SSSR count). The zero-order valence-corrected chi connectivity index (χ0v) is 17.9. The van der Waals surface area contributed by atoms with Crippen molar-refractivity contribution < 1.29 is 4.79 Å². The molecule has 0 aromatic heterocycles. The first kappa shape index (κ1) is 21.3. The largest absolute Gasteiger partial charge is 0.370 e. The molecule has 0 radical (unpaired) electrons. The molecule has 0 saturated carbocycles. The second-order valence-corrected chi connectivity index (χ2v) is 8.40. The van der Waals surface area contributed by atoms with Gasteiger partial charge in [-0.3, -0.25) is 9.69 Å². The second kappa shape index (κ2) is 9.46. The normalized spacial score (nSPS) is 20.2. The first-order chi connectivity index (χ1) is 15.1. The summed E-state index contributed by atoms with van der Waals surface area (Å²) in [5.74, 6) is -0.310. The fraction of sp³-hybridized carbons (Fsp3) is 0.296. The van der Waals surface area contributed by atoms with Gasteiger partial charge in [0.2, 0.25) is 5.91 Å². The summed E-state index contributed by atoms with van der Waals surface area (Å²) in [6.07, 6.45) is 3.21. The Hall–Kier alpha value is -2.95. The Morgan fingerprint density at radius 2 is 1.26 bits per heavy atom. The van der Waals surface area contributed by atoms with E-state index < -0.39 is 5.54 Å². The Labute approximate surface area is 184 Å². The zero-order valence-electron chi connectivity index (χ0n) is 17.9. The molecule has 1 saturated heterocycles. The Balaban J connectivity index is 2.04. The number of hydrogen-bond donors (Lipinski definition) is 2. The molecule has 4 heteroatoms. The minimum absolute atomic E-state index is 0.120. The highest BCUT2D eigenvalue weighted by atomic mass is 16.1. The van der Waals surface area contributed by atoms with E-state index in [1.54, 1.807) is 0 Å². The lowest BCUT2D eigenvalue weighted by atomic mass is 9.74. The van der Waals surface area contributed by atoms with Gasteiger partial charge in [0, 0.05) is 25.0 Å². The molecule has 4 nitrogen and oxygen atoms in total. The number of carbonyl (C=O) groups is 1. The summed E-state index contributed by atoms with van der Waals surface area (Å²) < 4.78 is 0. The van der Waals surface area contributed by atoms with Gasteiger partial charge in [-0.15, -0.1) is 0 Å². The number of carbonyl (C=O) groups excluding carboxylic acids is 1. The molecular weight excluding hydrogens is 382 g/mol. The number of rotatable bonds is 6. The molecule has 4 N–H and O–H groups in total. The van der Waals surface area contributed by atoms with Crippen LogP contribution in [-0.4, -0.2) is 29.4 Å². The van der Waals surface area contributed by atoms with Crippen LogP contribution in [-0.2, 0) is 10.3 Å². The molecule has 3 aromatic carbocycles. The lowest BCUT2D eigenvalue weighted by Crippen LogP contribution is -2.58. The molecule has 1 heterocycles. The number of nitrogens with zero attached hydrogens (tertiary/aromatic N) is 1. The molecule has 1 aliphatic heterocycles. The minimum atomic E-state index is -0.578. The van der Waals surface area contributed by atoms with E-state index >= 15 is 0 Å². The van der Waals surface area contributed by atoms with Crippen LogP contribution in [0.1, 0.15) is 42.4 Å². The fourth-order valence-corrected chi connectivity index (χ4v) is 5.17. The van der Waals surface area contributed by atoms with Crippen molar-refractivity contribution in [2.45, 2.75) is 43.3 Å². The first-order valence-corrected chi connectivity index (χ1v) is 11.1. The molecule has 3 aromatic rings. The van der Waals surface area contributed by atoms with Gasteiger partial charge < -0.3 is 11.5 Å². The third-order valence-corrected chi connectivity index (χ3v) is 6.50. The van der Waals surface area contributed by atoms with Crippen LogP contribution >= 0.6 is 0 Å². The van der Waals surface area contributed by atoms with Crippen LogP contribution in [0.2, 0.25) is 0 Å². The van der Waals surface area contributed by atoms with Gasteiger partial charge in [0.1, 0.15) is 0 Å². The summed E-state index contributed by atoms with van der Waals surface area (Å²) in [6.45, 7) is 0.838. The van der Waals surface area contributed by atoms with Crippen molar-refractivity contribution in [1.29, 1.82) is 0 Å². The molecule has 2 atom stereocenters. The second-order valence-electron chi connectivity index (χ2n) is 8.40. The van der Waals surface area contributed by atoms with Crippen molar-refractivity contribution in [3.05, 3.63) is 108 Å². The minimum Gasteiger partial charge on any atom is -0.370 e. The van der Waals surface area contributed by atoms with E-state index in [-0.39, 0.29) is 24.4 Å². The lowest BCUT2D eigenvalue weighted by molar-refractivity contribution is -0.119. The summed E-state index contributed by atoms with van der Waals surface area (Å²) in [5.41, 5.74) is 15.3. The van der Waals surface area contributed by atoms with E-state index in [4.69, 9.17) is 11.5 Å². The first-order valence-electron chi connectivity index (χ1n) is 11.1. The van der Waals surface area contributed by atoms with E-state index in [2.05, 4.69) is 77.7 Å². The average molecular weight is 414 g/mol. The zero-order chi connectivity index (χ0) is 21.7. The predicted molar refractivity (Wildman–Crippen MR) is 125 cm³/mol. The average Bonchev–Trinajstić information content (AvgIpc) is 2.98. The van der Waals surface area contributed by atoms with Gasteiger partial charge in [0.05, 0.1) is 5.54 Å². The smallest absolute Gasteiger partial charge is 0.219 e. The van der Waals surface area contributed by atoms with Crippen molar-refractivity contribution in [3.63, 3.8) is 0 Å². The van der Waals surface area contributed by atoms with Crippen molar-refractivity contribution in [2.75, 3.05) is 6.54 Å². The van der Waals surface area contributed by atoms with E-state index in [1.807, 2.05) is 18.2 Å². The van der Waals surface area contributed by atoms with Gasteiger partial charge in [0.15, 0.2) is 0 Å². The van der Waals surface area contributed by atoms with Crippen LogP contribution in [0, 0.1) is 0 Å². The number of nitrogens with two attached hydrogens (primary N) is 2. The quantitative estimate of drug-likeness (QED) is 0.599. The Kier molecular flexibility index (Phi) is 6.50. The number of primary amides is 1. The van der Waals surface area contributed by atoms with Crippen LogP contribution in [0.4, 0.5) is 0 Å². The highest BCUT2D eigenvalue weighted by molar-refractivity contribution is 5.74. The van der Waals surface area contributed by atoms with Crippen molar-refractivity contribution in [2.24, 2.45) is 11.5 Å². The van der Waals surface area contributed by atoms with Crippen LogP contribution in [0.5, 0.6) is 0 Å². The van der Waals surface area contributed by atoms with E-state index in [0.29, 0.717) is 0 Å². The summed E-state index contributed by atoms with van der Waals surface area (Å²) in [7, 11) is 0. The molecule has 1 aliphatic rings. The van der Waals surface area contributed by atoms with Crippen molar-refractivity contribution >= 4 is 5.91 Å². The summed E-state index contributed by atoms with van der Waals surface area (Å²) in [6, 6.07) is 31.4. The monoisotopic (exact) mass is 413 g/mol. The van der Waals surface area contributed by atoms with Gasteiger partial charge in [-0.25, -0.2) is 0 Å². The van der Waals surface area contributed by atoms with E-state index in [1.165, 1.54) is 0 Å². The Morgan fingerprint density at radius 3 is 1.68 bits per heavy atom. The molecule has 0 aliphatic carbocycles. The third kappa shape index (κ3) is 4.14. The molecule has 160 valence electrons. The molecule has 31 heavy (non-hydrogen) atoms. The number of likely N-dealkylation sites (tertiary alicyclic amines) is 1. The van der Waals surface area contributed by atoms with Crippen LogP contribution in [0.25, 0.3) is 0 Å². The maximum Gasteiger partial charge on any atom is 0.219 e. The maximum absolute atomic E-state index is 12.1. The standard InChI is InChI=1S/C27H31N3O/c28-24-18-10-11-19-30(25(24)20-26(29)31)27(21-12-4-1-5-13-21,22-14-6-2-7-15-22)23-16-8-3-9-17-23/h1-9,12-17,24-25H,10-11,18-20,28H2,(H2,29,31)/t24?,25-/m0/s1. The van der Waals surface area contributed by atoms with Gasteiger partial charge in [-0.1, -0.05) is 97.4 Å². The number of benzene rings is 3. The van der Waals surface area contributed by atoms with Gasteiger partial charge >= 0.3 is 0 Å². The maximum atomic E-state index is 12.1. The number of amides is 1. The van der Waals surface area contributed by atoms with Crippen LogP contribution < -0.4 is 11.5 Å². The van der Waals surface area contributed by atoms with Crippen LogP contribution in [0.3, 0.4) is 0 Å². The summed E-state index contributed by atoms with van der Waals surface area (Å²) >= 11 is 0. The van der Waals surface area contributed by atoms with Crippen molar-refractivity contribution in [1.82, 2.24) is 4.90 Å². The molecule has 1 fully saturated rings. The van der Waals surface area contributed by atoms with Gasteiger partial charge in [-0.2, -0.15) is 0 Å². The van der Waals surface area contributed by atoms with Crippen LogP contribution in [0.15, 0.2) is 91.0 Å².